The Labute approximate surface area is 182 Å². The van der Waals surface area contributed by atoms with E-state index in [1.807, 2.05) is 42.5 Å². The summed E-state index contributed by atoms with van der Waals surface area (Å²) < 4.78 is 15.4. The van der Waals surface area contributed by atoms with E-state index >= 15 is 0 Å². The van der Waals surface area contributed by atoms with Crippen LogP contribution in [0.1, 0.15) is 15.9 Å². The standard InChI is InChI=1S/C24H19FN4O3/c25-19-12-6-4-10-17(19)23(31)26-14-21(30)27-28-22-18-11-5-7-13-20(18)29(24(22)32)15-16-8-2-1-3-9-16/h1-13,32H,14-15H2,(H,26,31). The summed E-state index contributed by atoms with van der Waals surface area (Å²) in [7, 11) is 0. The molecule has 32 heavy (non-hydrogen) atoms. The van der Waals surface area contributed by atoms with Crippen molar-refractivity contribution in [1.82, 2.24) is 9.88 Å². The summed E-state index contributed by atoms with van der Waals surface area (Å²) in [5.74, 6) is -2.28. The third kappa shape index (κ3) is 4.39. The van der Waals surface area contributed by atoms with Crippen LogP contribution in [0.2, 0.25) is 0 Å². The zero-order valence-electron chi connectivity index (χ0n) is 16.9. The van der Waals surface area contributed by atoms with Crippen LogP contribution in [0, 0.1) is 5.82 Å². The molecule has 0 unspecified atom stereocenters. The first-order valence-corrected chi connectivity index (χ1v) is 9.86. The Hall–Kier alpha value is -4.33. The zero-order valence-corrected chi connectivity index (χ0v) is 16.9. The van der Waals surface area contributed by atoms with E-state index < -0.39 is 24.2 Å². The molecule has 4 rings (SSSR count). The Bertz CT molecular complexity index is 1320. The molecule has 1 aromatic heterocycles. The van der Waals surface area contributed by atoms with Crippen molar-refractivity contribution in [3.8, 4) is 5.88 Å². The van der Waals surface area contributed by atoms with E-state index in [0.717, 1.165) is 17.1 Å². The van der Waals surface area contributed by atoms with Gasteiger partial charge in [-0.25, -0.2) is 4.39 Å². The average molecular weight is 430 g/mol. The summed E-state index contributed by atoms with van der Waals surface area (Å²) in [6, 6.07) is 22.3. The predicted octanol–water partition coefficient (Wildman–Crippen LogP) is 4.57. The molecule has 3 aromatic carbocycles. The van der Waals surface area contributed by atoms with Gasteiger partial charge in [0.25, 0.3) is 11.8 Å². The number of aromatic hydroxyl groups is 1. The van der Waals surface area contributed by atoms with Gasteiger partial charge in [-0.1, -0.05) is 60.7 Å². The highest BCUT2D eigenvalue weighted by molar-refractivity contribution is 5.97. The van der Waals surface area contributed by atoms with Crippen LogP contribution in [0.15, 0.2) is 89.1 Å². The fourth-order valence-electron chi connectivity index (χ4n) is 3.33. The number of hydrogen-bond acceptors (Lipinski definition) is 4. The molecule has 4 aromatic rings. The molecular formula is C24H19FN4O3. The number of hydrogen-bond donors (Lipinski definition) is 2. The third-order valence-electron chi connectivity index (χ3n) is 4.88. The highest BCUT2D eigenvalue weighted by atomic mass is 19.1. The maximum absolute atomic E-state index is 13.7. The van der Waals surface area contributed by atoms with Crippen molar-refractivity contribution >= 4 is 28.4 Å². The van der Waals surface area contributed by atoms with E-state index in [4.69, 9.17) is 0 Å². The van der Waals surface area contributed by atoms with Crippen molar-refractivity contribution in [3.05, 3.63) is 95.8 Å². The smallest absolute Gasteiger partial charge is 0.283 e. The molecule has 0 radical (unpaired) electrons. The summed E-state index contributed by atoms with van der Waals surface area (Å²) in [6.07, 6.45) is 0. The molecule has 8 heteroatoms. The number of nitrogens with zero attached hydrogens (tertiary/aromatic N) is 3. The lowest BCUT2D eigenvalue weighted by atomic mass is 10.2. The topological polar surface area (TPSA) is 96.1 Å². The first kappa shape index (κ1) is 20.9. The number of azo groups is 1. The number of halogens is 1. The van der Waals surface area contributed by atoms with E-state index in [9.17, 15) is 19.1 Å². The molecule has 0 fully saturated rings. The summed E-state index contributed by atoms with van der Waals surface area (Å²) in [4.78, 5) is 24.2. The first-order valence-electron chi connectivity index (χ1n) is 9.86. The minimum atomic E-state index is -0.742. The molecule has 0 saturated heterocycles. The van der Waals surface area contributed by atoms with Crippen LogP contribution < -0.4 is 5.32 Å². The van der Waals surface area contributed by atoms with Crippen LogP contribution in [-0.2, 0) is 11.3 Å². The molecule has 0 aliphatic rings. The number of fused-ring (bicyclic) bond motifs is 1. The molecule has 0 aliphatic heterocycles. The Morgan fingerprint density at radius 2 is 1.62 bits per heavy atom. The molecule has 0 saturated carbocycles. The van der Waals surface area contributed by atoms with Gasteiger partial charge in [-0.3, -0.25) is 9.59 Å². The molecule has 7 nitrogen and oxygen atoms in total. The van der Waals surface area contributed by atoms with Crippen LogP contribution in [0.5, 0.6) is 5.88 Å². The molecular weight excluding hydrogens is 411 g/mol. The highest BCUT2D eigenvalue weighted by Crippen LogP contribution is 2.39. The fourth-order valence-corrected chi connectivity index (χ4v) is 3.33. The summed E-state index contributed by atoms with van der Waals surface area (Å²) in [5.41, 5.74) is 1.71. The lowest BCUT2D eigenvalue weighted by Gasteiger charge is -2.06. The monoisotopic (exact) mass is 430 g/mol. The summed E-state index contributed by atoms with van der Waals surface area (Å²) >= 11 is 0. The van der Waals surface area contributed by atoms with Gasteiger partial charge in [0.05, 0.1) is 17.6 Å². The van der Waals surface area contributed by atoms with Crippen LogP contribution in [0.25, 0.3) is 10.9 Å². The fraction of sp³-hybridized carbons (Fsp3) is 0.0833. The molecule has 1 heterocycles. The van der Waals surface area contributed by atoms with Gasteiger partial charge in [0.1, 0.15) is 12.4 Å². The quantitative estimate of drug-likeness (QED) is 0.439. The minimum absolute atomic E-state index is 0.123. The van der Waals surface area contributed by atoms with Crippen molar-refractivity contribution in [2.24, 2.45) is 10.2 Å². The number of rotatable bonds is 6. The molecule has 0 atom stereocenters. The Balaban J connectivity index is 1.52. The maximum Gasteiger partial charge on any atom is 0.283 e. The second-order valence-electron chi connectivity index (χ2n) is 7.02. The number of carbonyl (C=O) groups excluding carboxylic acids is 2. The van der Waals surface area contributed by atoms with Gasteiger partial charge in [-0.15, -0.1) is 10.2 Å². The molecule has 2 N–H and O–H groups in total. The normalized spacial score (nSPS) is 11.2. The van der Waals surface area contributed by atoms with Gasteiger partial charge in [-0.2, -0.15) is 0 Å². The van der Waals surface area contributed by atoms with Gasteiger partial charge in [-0.05, 0) is 23.8 Å². The lowest BCUT2D eigenvalue weighted by molar-refractivity contribution is -0.117. The first-order chi connectivity index (χ1) is 15.5. The molecule has 0 spiro atoms. The van der Waals surface area contributed by atoms with Gasteiger partial charge < -0.3 is 15.0 Å². The number of nitrogens with one attached hydrogen (secondary N) is 1. The van der Waals surface area contributed by atoms with Crippen LogP contribution >= 0.6 is 0 Å². The highest BCUT2D eigenvalue weighted by Gasteiger charge is 2.17. The Morgan fingerprint density at radius 1 is 0.938 bits per heavy atom. The Kier molecular flexibility index (Phi) is 6.03. The number of carbonyl (C=O) groups is 2. The SMILES string of the molecule is O=C(CNC(=O)c1ccccc1F)N=Nc1c(O)n(Cc2ccccc2)c2ccccc12. The maximum atomic E-state index is 13.7. The van der Waals surface area contributed by atoms with E-state index in [0.29, 0.717) is 11.9 Å². The van der Waals surface area contributed by atoms with Gasteiger partial charge >= 0.3 is 0 Å². The minimum Gasteiger partial charge on any atom is -0.493 e. The summed E-state index contributed by atoms with van der Waals surface area (Å²) in [6.45, 7) is -0.0462. The molecule has 0 bridgehead atoms. The van der Waals surface area contributed by atoms with Crippen molar-refractivity contribution in [2.75, 3.05) is 6.54 Å². The second-order valence-corrected chi connectivity index (χ2v) is 7.02. The molecule has 160 valence electrons. The lowest BCUT2D eigenvalue weighted by Crippen LogP contribution is -2.29. The predicted molar refractivity (Wildman–Crippen MR) is 117 cm³/mol. The third-order valence-corrected chi connectivity index (χ3v) is 4.88. The average Bonchev–Trinajstić information content (AvgIpc) is 3.08. The van der Waals surface area contributed by atoms with Crippen molar-refractivity contribution in [2.45, 2.75) is 6.54 Å². The van der Waals surface area contributed by atoms with Crippen molar-refractivity contribution in [3.63, 3.8) is 0 Å². The van der Waals surface area contributed by atoms with Crippen LogP contribution in [-0.4, -0.2) is 28.0 Å². The van der Waals surface area contributed by atoms with Crippen molar-refractivity contribution in [1.29, 1.82) is 0 Å². The van der Waals surface area contributed by atoms with Crippen LogP contribution in [0.3, 0.4) is 0 Å². The van der Waals surface area contributed by atoms with Crippen molar-refractivity contribution < 1.29 is 19.1 Å². The van der Waals surface area contributed by atoms with E-state index in [1.54, 1.807) is 16.7 Å². The molecule has 2 amide bonds. The van der Waals surface area contributed by atoms with E-state index in [-0.39, 0.29) is 17.1 Å². The number of para-hydroxylation sites is 1. The summed E-state index contributed by atoms with van der Waals surface area (Å²) in [5, 5.41) is 21.3. The molecule has 0 aliphatic carbocycles. The van der Waals surface area contributed by atoms with Gasteiger partial charge in [0, 0.05) is 5.39 Å². The van der Waals surface area contributed by atoms with Crippen LogP contribution in [0.4, 0.5) is 10.1 Å². The van der Waals surface area contributed by atoms with E-state index in [2.05, 4.69) is 15.5 Å². The Morgan fingerprint density at radius 3 is 2.41 bits per heavy atom. The number of benzene rings is 3. The van der Waals surface area contributed by atoms with Gasteiger partial charge in [0.2, 0.25) is 5.88 Å². The van der Waals surface area contributed by atoms with E-state index in [1.165, 1.54) is 18.2 Å². The second kappa shape index (κ2) is 9.22. The van der Waals surface area contributed by atoms with Gasteiger partial charge in [0.15, 0.2) is 5.69 Å². The largest absolute Gasteiger partial charge is 0.493 e. The number of aromatic nitrogens is 1. The zero-order chi connectivity index (χ0) is 22.5. The number of amides is 2.